The van der Waals surface area contributed by atoms with Gasteiger partial charge in [-0.25, -0.2) is 0 Å². The van der Waals surface area contributed by atoms with Crippen LogP contribution in [0.2, 0.25) is 0 Å². The van der Waals surface area contributed by atoms with Gasteiger partial charge in [-0.05, 0) is 49.1 Å². The number of nitrogens with zero attached hydrogens (tertiary/aromatic N) is 3. The summed E-state index contributed by atoms with van der Waals surface area (Å²) >= 11 is 6.91. The van der Waals surface area contributed by atoms with Gasteiger partial charge in [0.25, 0.3) is 0 Å². The maximum Gasteiger partial charge on any atom is 0.245 e. The van der Waals surface area contributed by atoms with Gasteiger partial charge in [0.2, 0.25) is 5.91 Å². The molecule has 0 saturated heterocycles. The molecule has 0 fully saturated rings. The smallest absolute Gasteiger partial charge is 0.245 e. The van der Waals surface area contributed by atoms with Gasteiger partial charge in [0.05, 0.1) is 11.5 Å². The number of carbonyl (C=O) groups is 1. The van der Waals surface area contributed by atoms with E-state index in [0.717, 1.165) is 17.0 Å². The number of nitrogens with one attached hydrogen (secondary N) is 1. The molecule has 1 atom stereocenters. The number of ether oxygens (including phenoxy) is 1. The summed E-state index contributed by atoms with van der Waals surface area (Å²) in [5, 5.41) is 9.07. The second kappa shape index (κ2) is 8.96. The average Bonchev–Trinajstić information content (AvgIpc) is 3.34. The Kier molecular flexibility index (Phi) is 6.41. The van der Waals surface area contributed by atoms with Crippen molar-refractivity contribution in [3.05, 3.63) is 52.6 Å². The summed E-state index contributed by atoms with van der Waals surface area (Å²) < 4.78 is 7.91. The number of rotatable bonds is 8. The summed E-state index contributed by atoms with van der Waals surface area (Å²) in [6.07, 6.45) is 0.748. The summed E-state index contributed by atoms with van der Waals surface area (Å²) in [6, 6.07) is 13.1. The highest BCUT2D eigenvalue weighted by Gasteiger charge is 2.23. The molecule has 1 N–H and O–H groups in total. The maximum absolute atomic E-state index is 12.9. The number of likely N-dealkylation sites (N-methyl/N-ethyl adjacent to an activating group) is 1. The highest BCUT2D eigenvalue weighted by Crippen LogP contribution is 2.26. The number of hydrogen-bond donors (Lipinski definition) is 1. The van der Waals surface area contributed by atoms with Crippen molar-refractivity contribution in [2.24, 2.45) is 0 Å². The topological polar surface area (TPSA) is 63.1 Å². The second-order valence-corrected chi connectivity index (χ2v) is 7.48. The van der Waals surface area contributed by atoms with Crippen LogP contribution in [0.3, 0.4) is 0 Å². The third kappa shape index (κ3) is 4.64. The van der Waals surface area contributed by atoms with Gasteiger partial charge >= 0.3 is 0 Å². The molecule has 3 rings (SSSR count). The lowest BCUT2D eigenvalue weighted by Gasteiger charge is -2.23. The molecule has 3 aromatic rings. The van der Waals surface area contributed by atoms with Crippen LogP contribution < -0.4 is 4.74 Å². The fourth-order valence-corrected chi connectivity index (χ4v) is 3.79. The first kappa shape index (κ1) is 19.3. The lowest BCUT2D eigenvalue weighted by Crippen LogP contribution is -2.34. The van der Waals surface area contributed by atoms with Crippen molar-refractivity contribution in [2.75, 3.05) is 20.2 Å². The molecule has 0 bridgehead atoms. The van der Waals surface area contributed by atoms with Gasteiger partial charge in [-0.2, -0.15) is 5.10 Å². The van der Waals surface area contributed by atoms with Crippen LogP contribution in [0.15, 0.2) is 47.8 Å². The Morgan fingerprint density at radius 3 is 2.81 bits per heavy atom. The second-order valence-electron chi connectivity index (χ2n) is 6.15. The van der Waals surface area contributed by atoms with Crippen molar-refractivity contribution in [3.63, 3.8) is 0 Å². The third-order valence-corrected chi connectivity index (χ3v) is 5.37. The Labute approximate surface area is 167 Å². The van der Waals surface area contributed by atoms with E-state index in [1.807, 2.05) is 54.8 Å². The Bertz CT molecular complexity index is 919. The first-order chi connectivity index (χ1) is 13.1. The van der Waals surface area contributed by atoms with Gasteiger partial charge in [0.1, 0.15) is 11.8 Å². The van der Waals surface area contributed by atoms with E-state index >= 15 is 0 Å². The molecule has 0 saturated carbocycles. The van der Waals surface area contributed by atoms with E-state index in [-0.39, 0.29) is 5.91 Å². The number of para-hydroxylation sites is 1. The number of thiophene rings is 1. The first-order valence-electron chi connectivity index (χ1n) is 8.71. The molecule has 0 aliphatic carbocycles. The molecule has 8 heteroatoms. The summed E-state index contributed by atoms with van der Waals surface area (Å²) in [5.74, 6) is 1.52. The summed E-state index contributed by atoms with van der Waals surface area (Å²) in [4.78, 5) is 15.5. The number of amides is 1. The van der Waals surface area contributed by atoms with E-state index < -0.39 is 6.04 Å². The number of benzene rings is 1. The molecule has 0 radical (unpaired) electrons. The van der Waals surface area contributed by atoms with Crippen molar-refractivity contribution in [1.82, 2.24) is 19.7 Å². The molecular formula is C19H22N4O2S2. The zero-order chi connectivity index (χ0) is 19.2. The molecule has 2 heterocycles. The number of hydrogen-bond acceptors (Lipinski definition) is 5. The lowest BCUT2D eigenvalue weighted by molar-refractivity contribution is -0.133. The Balaban J connectivity index is 1.59. The minimum atomic E-state index is -0.437. The van der Waals surface area contributed by atoms with Crippen LogP contribution in [0.1, 0.15) is 19.4 Å². The van der Waals surface area contributed by atoms with Crippen LogP contribution in [0.25, 0.3) is 10.7 Å². The van der Waals surface area contributed by atoms with Gasteiger partial charge in [-0.1, -0.05) is 24.3 Å². The summed E-state index contributed by atoms with van der Waals surface area (Å²) in [5.41, 5.74) is 0. The van der Waals surface area contributed by atoms with E-state index in [2.05, 4.69) is 10.2 Å². The molecule has 27 heavy (non-hydrogen) atoms. The fourth-order valence-electron chi connectivity index (χ4n) is 2.79. The largest absolute Gasteiger partial charge is 0.494 e. The third-order valence-electron chi connectivity index (χ3n) is 4.22. The van der Waals surface area contributed by atoms with Crippen LogP contribution in [-0.2, 0) is 4.79 Å². The molecule has 1 aromatic carbocycles. The number of H-pyrrole nitrogens is 1. The fraction of sp³-hybridized carbons (Fsp3) is 0.316. The molecule has 142 valence electrons. The molecule has 0 spiro atoms. The van der Waals surface area contributed by atoms with Crippen LogP contribution in [0.5, 0.6) is 5.75 Å². The van der Waals surface area contributed by atoms with Gasteiger partial charge in [-0.3, -0.25) is 14.5 Å². The Hall–Kier alpha value is -2.45. The summed E-state index contributed by atoms with van der Waals surface area (Å²) in [7, 11) is 1.80. The van der Waals surface area contributed by atoms with Crippen molar-refractivity contribution in [1.29, 1.82) is 0 Å². The average molecular weight is 403 g/mol. The highest BCUT2D eigenvalue weighted by molar-refractivity contribution is 7.71. The SMILES string of the molecule is CC(C(=O)N(C)CCCOc1ccccc1)n1c(-c2cccs2)n[nH]c1=S. The van der Waals surface area contributed by atoms with Crippen LogP contribution in [-0.4, -0.2) is 45.8 Å². The van der Waals surface area contributed by atoms with E-state index in [0.29, 0.717) is 23.7 Å². The van der Waals surface area contributed by atoms with Gasteiger partial charge in [0, 0.05) is 13.6 Å². The lowest BCUT2D eigenvalue weighted by atomic mass is 10.2. The molecule has 2 aromatic heterocycles. The van der Waals surface area contributed by atoms with Crippen molar-refractivity contribution in [3.8, 4) is 16.5 Å². The van der Waals surface area contributed by atoms with Crippen molar-refractivity contribution < 1.29 is 9.53 Å². The standard InChI is InChI=1S/C19H22N4O2S2/c1-14(23-17(20-21-19(23)26)16-10-6-13-27-16)18(24)22(2)11-7-12-25-15-8-4-3-5-9-15/h3-6,8-10,13-14H,7,11-12H2,1-2H3,(H,21,26). The van der Waals surface area contributed by atoms with Gasteiger partial charge in [0.15, 0.2) is 10.6 Å². The highest BCUT2D eigenvalue weighted by atomic mass is 32.1. The first-order valence-corrected chi connectivity index (χ1v) is 10.0. The monoisotopic (exact) mass is 402 g/mol. The number of aromatic nitrogens is 3. The zero-order valence-corrected chi connectivity index (χ0v) is 16.9. The van der Waals surface area contributed by atoms with Crippen LogP contribution in [0, 0.1) is 4.77 Å². The Morgan fingerprint density at radius 2 is 2.11 bits per heavy atom. The normalized spacial score (nSPS) is 11.9. The van der Waals surface area contributed by atoms with Crippen molar-refractivity contribution in [2.45, 2.75) is 19.4 Å². The predicted octanol–water partition coefficient (Wildman–Crippen LogP) is 4.16. The van der Waals surface area contributed by atoms with Crippen LogP contribution >= 0.6 is 23.6 Å². The summed E-state index contributed by atoms with van der Waals surface area (Å²) in [6.45, 7) is 3.01. The minimum Gasteiger partial charge on any atom is -0.494 e. The van der Waals surface area contributed by atoms with Crippen LogP contribution in [0.4, 0.5) is 0 Å². The van der Waals surface area contributed by atoms with Gasteiger partial charge < -0.3 is 9.64 Å². The predicted molar refractivity (Wildman–Crippen MR) is 110 cm³/mol. The molecule has 6 nitrogen and oxygen atoms in total. The van der Waals surface area contributed by atoms with Crippen molar-refractivity contribution >= 4 is 29.5 Å². The Morgan fingerprint density at radius 1 is 1.33 bits per heavy atom. The zero-order valence-electron chi connectivity index (χ0n) is 15.3. The quantitative estimate of drug-likeness (QED) is 0.454. The van der Waals surface area contributed by atoms with E-state index in [1.165, 1.54) is 0 Å². The molecule has 1 amide bonds. The molecule has 1 unspecified atom stereocenters. The number of aromatic amines is 1. The van der Waals surface area contributed by atoms with E-state index in [9.17, 15) is 4.79 Å². The minimum absolute atomic E-state index is 0.00924. The molecular weight excluding hydrogens is 380 g/mol. The molecule has 0 aliphatic rings. The maximum atomic E-state index is 12.9. The number of carbonyl (C=O) groups excluding carboxylic acids is 1. The molecule has 0 aliphatic heterocycles. The van der Waals surface area contributed by atoms with E-state index in [4.69, 9.17) is 17.0 Å². The van der Waals surface area contributed by atoms with Gasteiger partial charge in [-0.15, -0.1) is 11.3 Å². The van der Waals surface area contributed by atoms with E-state index in [1.54, 1.807) is 27.9 Å².